The van der Waals surface area contributed by atoms with Crippen molar-refractivity contribution in [1.82, 2.24) is 19.4 Å². The zero-order chi connectivity index (χ0) is 18.5. The second-order valence-corrected chi connectivity index (χ2v) is 7.19. The van der Waals surface area contributed by atoms with Gasteiger partial charge in [-0.1, -0.05) is 11.6 Å². The lowest BCUT2D eigenvalue weighted by Gasteiger charge is -2.41. The van der Waals surface area contributed by atoms with E-state index in [1.54, 1.807) is 18.3 Å². The van der Waals surface area contributed by atoms with Gasteiger partial charge in [-0.25, -0.2) is 9.37 Å². The Bertz CT molecular complexity index is 1020. The molecule has 1 fully saturated rings. The average molecular weight is 383 g/mol. The van der Waals surface area contributed by atoms with Crippen LogP contribution in [-0.2, 0) is 6.67 Å². The van der Waals surface area contributed by atoms with Crippen molar-refractivity contribution in [2.24, 2.45) is 0 Å². The predicted molar refractivity (Wildman–Crippen MR) is 99.5 cm³/mol. The van der Waals surface area contributed by atoms with E-state index in [9.17, 15) is 9.65 Å². The van der Waals surface area contributed by atoms with Crippen molar-refractivity contribution in [3.63, 3.8) is 0 Å². The van der Waals surface area contributed by atoms with Gasteiger partial charge in [0, 0.05) is 30.3 Å². The number of rotatable bonds is 2. The minimum Gasteiger partial charge on any atom is -0.336 e. The zero-order valence-corrected chi connectivity index (χ0v) is 15.1. The van der Waals surface area contributed by atoms with Crippen molar-refractivity contribution in [1.29, 1.82) is 5.26 Å². The van der Waals surface area contributed by atoms with Gasteiger partial charge in [-0.05, 0) is 37.1 Å². The van der Waals surface area contributed by atoms with Gasteiger partial charge in [0.25, 0.3) is 0 Å². The second kappa shape index (κ2) is 6.03. The fourth-order valence-corrected chi connectivity index (χ4v) is 4.15. The Morgan fingerprint density at radius 2 is 2.22 bits per heavy atom. The van der Waals surface area contributed by atoms with E-state index in [1.807, 2.05) is 16.8 Å². The predicted octanol–water partition coefficient (Wildman–Crippen LogP) is 3.53. The van der Waals surface area contributed by atoms with Gasteiger partial charge >= 0.3 is 0 Å². The molecule has 1 aromatic heterocycles. The van der Waals surface area contributed by atoms with Gasteiger partial charge in [-0.3, -0.25) is 4.57 Å². The van der Waals surface area contributed by atoms with E-state index >= 15 is 0 Å². The summed E-state index contributed by atoms with van der Waals surface area (Å²) in [5.41, 5.74) is 2.62. The Hall–Kier alpha value is -2.98. The minimum absolute atomic E-state index is 0.0950. The van der Waals surface area contributed by atoms with Crippen LogP contribution in [0.25, 0.3) is 6.08 Å². The number of allylic oxidation sites excluding steroid dienone is 1. The van der Waals surface area contributed by atoms with E-state index in [4.69, 9.17) is 11.6 Å². The first-order valence-corrected chi connectivity index (χ1v) is 9.14. The van der Waals surface area contributed by atoms with Crippen molar-refractivity contribution < 1.29 is 4.39 Å². The first kappa shape index (κ1) is 16.2. The van der Waals surface area contributed by atoms with E-state index < -0.39 is 5.82 Å². The fourth-order valence-electron chi connectivity index (χ4n) is 3.97. The molecule has 0 aliphatic carbocycles. The molecule has 3 aliphatic heterocycles. The van der Waals surface area contributed by atoms with Gasteiger partial charge in [-0.15, -0.1) is 0 Å². The Kier molecular flexibility index (Phi) is 3.62. The number of halogens is 2. The maximum absolute atomic E-state index is 13.6. The van der Waals surface area contributed by atoms with Gasteiger partial charge < -0.3 is 14.7 Å². The molecule has 5 rings (SSSR count). The third-order valence-corrected chi connectivity index (χ3v) is 5.52. The van der Waals surface area contributed by atoms with E-state index in [0.717, 1.165) is 30.9 Å². The molecule has 2 aromatic rings. The molecule has 6 nitrogen and oxygen atoms in total. The highest BCUT2D eigenvalue weighted by Gasteiger charge is 2.39. The lowest BCUT2D eigenvalue weighted by Crippen LogP contribution is -2.51. The summed E-state index contributed by atoms with van der Waals surface area (Å²) in [6, 6.07) is 6.98. The number of hydrogen-bond donors (Lipinski definition) is 0. The molecular formula is C19H16ClFN6. The summed E-state index contributed by atoms with van der Waals surface area (Å²) in [4.78, 5) is 10.9. The van der Waals surface area contributed by atoms with Crippen LogP contribution >= 0.6 is 11.6 Å². The molecule has 136 valence electrons. The highest BCUT2D eigenvalue weighted by Crippen LogP contribution is 2.38. The molecule has 0 spiro atoms. The summed E-state index contributed by atoms with van der Waals surface area (Å²) in [5.74, 6) is 0.343. The Balaban J connectivity index is 1.53. The van der Waals surface area contributed by atoms with Crippen LogP contribution in [-0.4, -0.2) is 32.2 Å². The van der Waals surface area contributed by atoms with Crippen LogP contribution in [0.1, 0.15) is 24.4 Å². The quantitative estimate of drug-likeness (QED) is 0.795. The van der Waals surface area contributed by atoms with Crippen LogP contribution in [0, 0.1) is 17.1 Å². The van der Waals surface area contributed by atoms with E-state index in [-0.39, 0.29) is 11.3 Å². The second-order valence-electron chi connectivity index (χ2n) is 6.78. The highest BCUT2D eigenvalue weighted by atomic mass is 35.5. The van der Waals surface area contributed by atoms with Crippen molar-refractivity contribution in [3.05, 3.63) is 64.9 Å². The largest absolute Gasteiger partial charge is 0.336 e. The van der Waals surface area contributed by atoms with Crippen LogP contribution in [0.4, 0.5) is 10.1 Å². The summed E-state index contributed by atoms with van der Waals surface area (Å²) < 4.78 is 15.5. The first-order chi connectivity index (χ1) is 13.2. The average Bonchev–Trinajstić information content (AvgIpc) is 3.36. The lowest BCUT2D eigenvalue weighted by atomic mass is 10.2. The number of imidazole rings is 1. The van der Waals surface area contributed by atoms with E-state index in [2.05, 4.69) is 32.0 Å². The summed E-state index contributed by atoms with van der Waals surface area (Å²) in [7, 11) is 0. The number of aromatic nitrogens is 2. The van der Waals surface area contributed by atoms with E-state index in [0.29, 0.717) is 12.4 Å². The number of nitriles is 1. The Morgan fingerprint density at radius 3 is 3.04 bits per heavy atom. The van der Waals surface area contributed by atoms with Crippen molar-refractivity contribution >= 4 is 23.4 Å². The molecule has 3 aliphatic rings. The molecule has 1 unspecified atom stereocenters. The van der Waals surface area contributed by atoms with Gasteiger partial charge in [0.1, 0.15) is 30.1 Å². The SMILES string of the molecule is N#Cc1cnc2n1CN(C1N3CCCC3=CN1c1ccc(F)c(Cl)c1)C=C2. The molecule has 0 radical (unpaired) electrons. The summed E-state index contributed by atoms with van der Waals surface area (Å²) in [5, 5.41) is 9.44. The molecule has 27 heavy (non-hydrogen) atoms. The number of anilines is 1. The number of fused-ring (bicyclic) bond motifs is 2. The zero-order valence-electron chi connectivity index (χ0n) is 14.4. The third kappa shape index (κ3) is 2.48. The van der Waals surface area contributed by atoms with E-state index in [1.165, 1.54) is 11.8 Å². The van der Waals surface area contributed by atoms with Crippen molar-refractivity contribution in [2.45, 2.75) is 25.8 Å². The molecule has 0 amide bonds. The normalized spacial score (nSPS) is 20.6. The maximum atomic E-state index is 13.6. The first-order valence-electron chi connectivity index (χ1n) is 8.76. The molecule has 1 atom stereocenters. The highest BCUT2D eigenvalue weighted by molar-refractivity contribution is 6.31. The van der Waals surface area contributed by atoms with Gasteiger partial charge in [0.2, 0.25) is 0 Å². The fraction of sp³-hybridized carbons (Fsp3) is 0.263. The maximum Gasteiger partial charge on any atom is 0.186 e. The van der Waals surface area contributed by atoms with Gasteiger partial charge in [-0.2, -0.15) is 5.26 Å². The van der Waals surface area contributed by atoms with Crippen LogP contribution in [0.5, 0.6) is 0 Å². The number of hydrogen-bond acceptors (Lipinski definition) is 5. The molecule has 0 saturated carbocycles. The van der Waals surface area contributed by atoms with Crippen molar-refractivity contribution in [2.75, 3.05) is 11.4 Å². The van der Waals surface area contributed by atoms with Crippen LogP contribution in [0.3, 0.4) is 0 Å². The molecular weight excluding hydrogens is 367 g/mol. The summed E-state index contributed by atoms with van der Waals surface area (Å²) >= 11 is 6.03. The van der Waals surface area contributed by atoms with Crippen LogP contribution in [0.15, 0.2) is 42.5 Å². The third-order valence-electron chi connectivity index (χ3n) is 5.24. The lowest BCUT2D eigenvalue weighted by molar-refractivity contribution is 0.110. The summed E-state index contributed by atoms with van der Waals surface area (Å²) in [6.07, 6.45) is 9.65. The molecule has 1 saturated heterocycles. The molecule has 4 heterocycles. The smallest absolute Gasteiger partial charge is 0.186 e. The standard InChI is InChI=1S/C19H16ClFN6/c20-16-8-13(3-4-17(16)21)26-11-14-2-1-6-25(14)19(26)24-7-5-18-23-10-15(9-22)27(18)12-24/h3-5,7-8,10-11,19H,1-2,6,12H2. The van der Waals surface area contributed by atoms with Crippen LogP contribution < -0.4 is 4.90 Å². The molecule has 0 bridgehead atoms. The van der Waals surface area contributed by atoms with Crippen LogP contribution in [0.2, 0.25) is 5.02 Å². The molecule has 1 aromatic carbocycles. The Morgan fingerprint density at radius 1 is 1.33 bits per heavy atom. The molecule has 0 N–H and O–H groups in total. The number of benzene rings is 1. The Labute approximate surface area is 161 Å². The topological polar surface area (TPSA) is 51.3 Å². The molecule has 8 heteroatoms. The summed E-state index contributed by atoms with van der Waals surface area (Å²) in [6.45, 7) is 1.47. The van der Waals surface area contributed by atoms with Crippen molar-refractivity contribution in [3.8, 4) is 6.07 Å². The monoisotopic (exact) mass is 382 g/mol. The minimum atomic E-state index is -0.427. The van der Waals surface area contributed by atoms with Gasteiger partial charge in [0.05, 0.1) is 11.2 Å². The number of nitrogens with zero attached hydrogens (tertiary/aromatic N) is 6. The van der Waals surface area contributed by atoms with Gasteiger partial charge in [0.15, 0.2) is 6.29 Å².